The van der Waals surface area contributed by atoms with E-state index in [2.05, 4.69) is 24.5 Å². The second-order valence-corrected chi connectivity index (χ2v) is 5.67. The highest BCUT2D eigenvalue weighted by molar-refractivity contribution is 5.92. The highest BCUT2D eigenvalue weighted by atomic mass is 19.1. The maximum Gasteiger partial charge on any atom is 0.238 e. The maximum atomic E-state index is 13.3. The van der Waals surface area contributed by atoms with E-state index in [1.165, 1.54) is 6.07 Å². The predicted molar refractivity (Wildman–Crippen MR) is 69.7 cm³/mol. The molecule has 1 amide bonds. The number of anilines is 1. The Bertz CT molecular complexity index is 468. The van der Waals surface area contributed by atoms with E-state index in [-0.39, 0.29) is 12.2 Å². The van der Waals surface area contributed by atoms with Gasteiger partial charge in [0.1, 0.15) is 17.3 Å². The number of amides is 1. The molecule has 104 valence electrons. The fourth-order valence-corrected chi connectivity index (χ4v) is 2.09. The molecule has 1 aromatic rings. The SMILES string of the molecule is CC1(C)CC1CNCC(=O)Nc1c(F)cccc1F. The normalized spacial score (nSPS) is 20.1. The predicted octanol–water partition coefficient (Wildman–Crippen LogP) is 2.54. The van der Waals surface area contributed by atoms with E-state index in [0.717, 1.165) is 25.1 Å². The van der Waals surface area contributed by atoms with Gasteiger partial charge in [-0.2, -0.15) is 0 Å². The van der Waals surface area contributed by atoms with Crippen molar-refractivity contribution >= 4 is 11.6 Å². The first-order chi connectivity index (χ1) is 8.90. The van der Waals surface area contributed by atoms with Crippen LogP contribution in [0.1, 0.15) is 20.3 Å². The minimum Gasteiger partial charge on any atom is -0.320 e. The van der Waals surface area contributed by atoms with Crippen molar-refractivity contribution in [3.05, 3.63) is 29.8 Å². The first kappa shape index (κ1) is 13.9. The van der Waals surface area contributed by atoms with Gasteiger partial charge in [-0.1, -0.05) is 19.9 Å². The lowest BCUT2D eigenvalue weighted by atomic mass is 10.1. The Balaban J connectivity index is 1.78. The Hall–Kier alpha value is -1.49. The average Bonchev–Trinajstić information content (AvgIpc) is 2.92. The van der Waals surface area contributed by atoms with Crippen LogP contribution in [-0.2, 0) is 4.79 Å². The molecule has 1 atom stereocenters. The Morgan fingerprint density at radius 2 is 1.95 bits per heavy atom. The summed E-state index contributed by atoms with van der Waals surface area (Å²) < 4.78 is 26.6. The molecule has 2 N–H and O–H groups in total. The van der Waals surface area contributed by atoms with Gasteiger partial charge in [-0.15, -0.1) is 0 Å². The van der Waals surface area contributed by atoms with E-state index in [0.29, 0.717) is 11.3 Å². The van der Waals surface area contributed by atoms with Crippen LogP contribution in [0, 0.1) is 23.0 Å². The minimum absolute atomic E-state index is 0.0559. The lowest BCUT2D eigenvalue weighted by molar-refractivity contribution is -0.115. The first-order valence-electron chi connectivity index (χ1n) is 6.35. The van der Waals surface area contributed by atoms with Crippen LogP contribution in [0.5, 0.6) is 0 Å². The zero-order valence-corrected chi connectivity index (χ0v) is 11.1. The number of carbonyl (C=O) groups excluding carboxylic acids is 1. The molecule has 0 spiro atoms. The monoisotopic (exact) mass is 268 g/mol. The van der Waals surface area contributed by atoms with E-state index >= 15 is 0 Å². The van der Waals surface area contributed by atoms with Crippen LogP contribution in [-0.4, -0.2) is 19.0 Å². The molecule has 5 heteroatoms. The van der Waals surface area contributed by atoms with E-state index in [1.54, 1.807) is 0 Å². The molecule has 0 heterocycles. The lowest BCUT2D eigenvalue weighted by Crippen LogP contribution is -2.30. The third-order valence-corrected chi connectivity index (χ3v) is 3.62. The summed E-state index contributed by atoms with van der Waals surface area (Å²) in [7, 11) is 0. The minimum atomic E-state index is -0.767. The summed E-state index contributed by atoms with van der Waals surface area (Å²) in [5.74, 6) is -1.40. The summed E-state index contributed by atoms with van der Waals surface area (Å²) in [4.78, 5) is 11.6. The van der Waals surface area contributed by atoms with Crippen LogP contribution in [0.25, 0.3) is 0 Å². The molecule has 3 nitrogen and oxygen atoms in total. The molecule has 19 heavy (non-hydrogen) atoms. The van der Waals surface area contributed by atoms with Crippen molar-refractivity contribution in [3.63, 3.8) is 0 Å². The third kappa shape index (κ3) is 3.50. The van der Waals surface area contributed by atoms with Crippen LogP contribution in [0.15, 0.2) is 18.2 Å². The largest absolute Gasteiger partial charge is 0.320 e. The number of hydrogen-bond donors (Lipinski definition) is 2. The number of carbonyl (C=O) groups is 1. The summed E-state index contributed by atoms with van der Waals surface area (Å²) >= 11 is 0. The molecular formula is C14H18F2N2O. The van der Waals surface area contributed by atoms with Gasteiger partial charge in [-0.25, -0.2) is 8.78 Å². The van der Waals surface area contributed by atoms with Gasteiger partial charge in [-0.3, -0.25) is 4.79 Å². The van der Waals surface area contributed by atoms with Crippen molar-refractivity contribution in [2.75, 3.05) is 18.4 Å². The second-order valence-electron chi connectivity index (χ2n) is 5.67. The van der Waals surface area contributed by atoms with Gasteiger partial charge in [0.25, 0.3) is 0 Å². The fourth-order valence-electron chi connectivity index (χ4n) is 2.09. The molecule has 0 aliphatic heterocycles. The summed E-state index contributed by atoms with van der Waals surface area (Å²) in [5, 5.41) is 5.25. The van der Waals surface area contributed by atoms with Crippen molar-refractivity contribution < 1.29 is 13.6 Å². The van der Waals surface area contributed by atoms with Gasteiger partial charge in [0.05, 0.1) is 6.54 Å². The Morgan fingerprint density at radius 3 is 2.47 bits per heavy atom. The van der Waals surface area contributed by atoms with E-state index in [9.17, 15) is 13.6 Å². The second kappa shape index (κ2) is 5.25. The molecule has 1 aliphatic carbocycles. The number of hydrogen-bond acceptors (Lipinski definition) is 2. The van der Waals surface area contributed by atoms with Crippen molar-refractivity contribution in [2.24, 2.45) is 11.3 Å². The highest BCUT2D eigenvalue weighted by Gasteiger charge is 2.44. The van der Waals surface area contributed by atoms with Gasteiger partial charge in [-0.05, 0) is 36.4 Å². The Labute approximate surface area is 111 Å². The van der Waals surface area contributed by atoms with E-state index < -0.39 is 17.5 Å². The molecule has 1 aromatic carbocycles. The van der Waals surface area contributed by atoms with Crippen LogP contribution in [0.3, 0.4) is 0 Å². The quantitative estimate of drug-likeness (QED) is 0.861. The lowest BCUT2D eigenvalue weighted by Gasteiger charge is -2.09. The zero-order valence-electron chi connectivity index (χ0n) is 11.1. The summed E-state index contributed by atoms with van der Waals surface area (Å²) in [6.07, 6.45) is 1.14. The van der Waals surface area contributed by atoms with Crippen LogP contribution < -0.4 is 10.6 Å². The Morgan fingerprint density at radius 1 is 1.37 bits per heavy atom. The molecule has 1 aliphatic rings. The molecule has 1 saturated carbocycles. The van der Waals surface area contributed by atoms with Gasteiger partial charge in [0.2, 0.25) is 5.91 Å². The highest BCUT2D eigenvalue weighted by Crippen LogP contribution is 2.50. The van der Waals surface area contributed by atoms with Gasteiger partial charge < -0.3 is 10.6 Å². The topological polar surface area (TPSA) is 41.1 Å². The van der Waals surface area contributed by atoms with Gasteiger partial charge in [0.15, 0.2) is 0 Å². The van der Waals surface area contributed by atoms with Gasteiger partial charge in [0, 0.05) is 0 Å². The molecule has 0 bridgehead atoms. The fraction of sp³-hybridized carbons (Fsp3) is 0.500. The third-order valence-electron chi connectivity index (χ3n) is 3.62. The number of halogens is 2. The van der Waals surface area contributed by atoms with Crippen LogP contribution >= 0.6 is 0 Å². The van der Waals surface area contributed by atoms with Gasteiger partial charge >= 0.3 is 0 Å². The number of nitrogens with one attached hydrogen (secondary N) is 2. The Kier molecular flexibility index (Phi) is 3.85. The molecule has 1 fully saturated rings. The van der Waals surface area contributed by atoms with E-state index in [1.807, 2.05) is 0 Å². The number of benzene rings is 1. The van der Waals surface area contributed by atoms with Crippen LogP contribution in [0.4, 0.5) is 14.5 Å². The number of para-hydroxylation sites is 1. The summed E-state index contributed by atoms with van der Waals surface area (Å²) in [5.41, 5.74) is -0.0396. The smallest absolute Gasteiger partial charge is 0.238 e. The molecular weight excluding hydrogens is 250 g/mol. The van der Waals surface area contributed by atoms with Crippen molar-refractivity contribution in [1.82, 2.24) is 5.32 Å². The van der Waals surface area contributed by atoms with Crippen molar-refractivity contribution in [1.29, 1.82) is 0 Å². The van der Waals surface area contributed by atoms with Crippen molar-refractivity contribution in [2.45, 2.75) is 20.3 Å². The average molecular weight is 268 g/mol. The molecule has 2 rings (SSSR count). The first-order valence-corrected chi connectivity index (χ1v) is 6.35. The number of rotatable bonds is 5. The zero-order chi connectivity index (χ0) is 14.0. The van der Waals surface area contributed by atoms with Crippen LogP contribution in [0.2, 0.25) is 0 Å². The van der Waals surface area contributed by atoms with Crippen molar-refractivity contribution in [3.8, 4) is 0 Å². The molecule has 0 radical (unpaired) electrons. The summed E-state index contributed by atoms with van der Waals surface area (Å²) in [6, 6.07) is 3.48. The maximum absolute atomic E-state index is 13.3. The molecule has 0 saturated heterocycles. The molecule has 0 aromatic heterocycles. The van der Waals surface area contributed by atoms with E-state index in [4.69, 9.17) is 0 Å². The standard InChI is InChI=1S/C14H18F2N2O/c1-14(2)6-9(14)7-17-8-12(19)18-13-10(15)4-3-5-11(13)16/h3-5,9,17H,6-8H2,1-2H3,(H,18,19). The summed E-state index contributed by atoms with van der Waals surface area (Å²) in [6.45, 7) is 5.16. The molecule has 1 unspecified atom stereocenters.